The minimum Gasteiger partial charge on any atom is -0.493 e. The summed E-state index contributed by atoms with van der Waals surface area (Å²) in [5.41, 5.74) is 0.213. The van der Waals surface area contributed by atoms with Crippen LogP contribution in [-0.2, 0) is 9.53 Å². The Morgan fingerprint density at radius 1 is 1.53 bits per heavy atom. The van der Waals surface area contributed by atoms with Gasteiger partial charge in [-0.2, -0.15) is 0 Å². The number of benzene rings is 1. The Morgan fingerprint density at radius 3 is 2.76 bits per heavy atom. The van der Waals surface area contributed by atoms with E-state index < -0.39 is 11.9 Å². The highest BCUT2D eigenvalue weighted by molar-refractivity contribution is 5.69. The lowest BCUT2D eigenvalue weighted by Crippen LogP contribution is -2.07. The first kappa shape index (κ1) is 13.4. The molecule has 94 valence electrons. The highest BCUT2D eigenvalue weighted by Gasteiger charge is 2.09. The van der Waals surface area contributed by atoms with E-state index in [9.17, 15) is 14.3 Å². The number of aliphatic hydroxyl groups is 1. The van der Waals surface area contributed by atoms with Gasteiger partial charge in [0.1, 0.15) is 11.6 Å². The molecular formula is C12H15FO4. The van der Waals surface area contributed by atoms with Gasteiger partial charge in [0.2, 0.25) is 0 Å². The summed E-state index contributed by atoms with van der Waals surface area (Å²) in [5.74, 6) is -0.600. The molecule has 1 N–H and O–H groups in total. The largest absolute Gasteiger partial charge is 0.493 e. The number of hydrogen-bond donors (Lipinski definition) is 1. The molecule has 17 heavy (non-hydrogen) atoms. The van der Waals surface area contributed by atoms with Crippen LogP contribution in [0.25, 0.3) is 0 Å². The highest BCUT2D eigenvalue weighted by Crippen LogP contribution is 2.21. The first-order chi connectivity index (χ1) is 8.04. The van der Waals surface area contributed by atoms with E-state index in [-0.39, 0.29) is 24.6 Å². The first-order valence-electron chi connectivity index (χ1n) is 5.21. The maximum Gasteiger partial charge on any atom is 0.308 e. The Kier molecular flexibility index (Phi) is 4.90. The topological polar surface area (TPSA) is 55.8 Å². The fourth-order valence-corrected chi connectivity index (χ4v) is 1.29. The van der Waals surface area contributed by atoms with Crippen molar-refractivity contribution in [1.29, 1.82) is 0 Å². The average molecular weight is 242 g/mol. The smallest absolute Gasteiger partial charge is 0.308 e. The third-order valence-corrected chi connectivity index (χ3v) is 2.22. The van der Waals surface area contributed by atoms with E-state index in [4.69, 9.17) is 4.74 Å². The lowest BCUT2D eigenvalue weighted by molar-refractivity contribution is -0.141. The van der Waals surface area contributed by atoms with Gasteiger partial charge in [-0.1, -0.05) is 0 Å². The predicted molar refractivity (Wildman–Crippen MR) is 59.2 cm³/mol. The molecule has 0 radical (unpaired) electrons. The molecule has 1 aromatic rings. The summed E-state index contributed by atoms with van der Waals surface area (Å²) in [7, 11) is 1.29. The molecular weight excluding hydrogens is 227 g/mol. The van der Waals surface area contributed by atoms with Crippen LogP contribution in [0, 0.1) is 5.82 Å². The Hall–Kier alpha value is -1.62. The zero-order valence-electron chi connectivity index (χ0n) is 9.77. The Bertz CT molecular complexity index is 390. The Balaban J connectivity index is 2.56. The number of rotatable bonds is 5. The standard InChI is InChI=1S/C12H15FO4/c1-8(14)10-4-3-9(7-11(10)13)17-6-5-12(15)16-2/h3-4,7-8,14H,5-6H2,1-2H3. The van der Waals surface area contributed by atoms with Gasteiger partial charge in [-0.3, -0.25) is 4.79 Å². The van der Waals surface area contributed by atoms with Crippen LogP contribution in [0.1, 0.15) is 25.0 Å². The van der Waals surface area contributed by atoms with Crippen LogP contribution in [0.15, 0.2) is 18.2 Å². The number of ether oxygens (including phenoxy) is 2. The summed E-state index contributed by atoms with van der Waals surface area (Å²) in [4.78, 5) is 10.8. The third-order valence-electron chi connectivity index (χ3n) is 2.22. The van der Waals surface area contributed by atoms with E-state index in [1.807, 2.05) is 0 Å². The molecule has 4 nitrogen and oxygen atoms in total. The van der Waals surface area contributed by atoms with Gasteiger partial charge >= 0.3 is 5.97 Å². The number of methoxy groups -OCH3 is 1. The number of esters is 1. The monoisotopic (exact) mass is 242 g/mol. The maximum absolute atomic E-state index is 13.4. The molecule has 5 heteroatoms. The lowest BCUT2D eigenvalue weighted by atomic mass is 10.1. The van der Waals surface area contributed by atoms with Gasteiger partial charge in [-0.25, -0.2) is 4.39 Å². The van der Waals surface area contributed by atoms with Crippen LogP contribution >= 0.6 is 0 Å². The summed E-state index contributed by atoms with van der Waals surface area (Å²) in [6, 6.07) is 4.18. The molecule has 0 aromatic heterocycles. The molecule has 0 aliphatic heterocycles. The number of hydrogen-bond acceptors (Lipinski definition) is 4. The molecule has 0 saturated heterocycles. The zero-order chi connectivity index (χ0) is 12.8. The normalized spacial score (nSPS) is 12.0. The third kappa shape index (κ3) is 4.03. The second-order valence-corrected chi connectivity index (χ2v) is 3.53. The fourth-order valence-electron chi connectivity index (χ4n) is 1.29. The molecule has 0 aliphatic carbocycles. The fraction of sp³-hybridized carbons (Fsp3) is 0.417. The summed E-state index contributed by atoms with van der Waals surface area (Å²) >= 11 is 0. The molecule has 1 atom stereocenters. The predicted octanol–water partition coefficient (Wildman–Crippen LogP) is 1.82. The van der Waals surface area contributed by atoms with E-state index >= 15 is 0 Å². The van der Waals surface area contributed by atoms with Crippen molar-refractivity contribution in [3.8, 4) is 5.75 Å². The molecule has 1 aromatic carbocycles. The number of carbonyl (C=O) groups excluding carboxylic acids is 1. The average Bonchev–Trinajstić information content (AvgIpc) is 2.28. The maximum atomic E-state index is 13.4. The summed E-state index contributed by atoms with van der Waals surface area (Å²) < 4.78 is 23.0. The van der Waals surface area contributed by atoms with Crippen LogP contribution in [0.2, 0.25) is 0 Å². The SMILES string of the molecule is COC(=O)CCOc1ccc(C(C)O)c(F)c1. The molecule has 0 spiro atoms. The molecule has 1 rings (SSSR count). The minimum atomic E-state index is -0.862. The van der Waals surface area contributed by atoms with Gasteiger partial charge < -0.3 is 14.6 Å². The van der Waals surface area contributed by atoms with Crippen molar-refractivity contribution in [1.82, 2.24) is 0 Å². The van der Waals surface area contributed by atoms with Crippen molar-refractivity contribution in [2.45, 2.75) is 19.4 Å². The van der Waals surface area contributed by atoms with E-state index in [1.54, 1.807) is 6.07 Å². The molecule has 0 aliphatic rings. The van der Waals surface area contributed by atoms with Gasteiger partial charge in [0, 0.05) is 11.6 Å². The van der Waals surface area contributed by atoms with Gasteiger partial charge in [-0.05, 0) is 19.1 Å². The van der Waals surface area contributed by atoms with Crippen LogP contribution in [-0.4, -0.2) is 24.8 Å². The molecule has 1 unspecified atom stereocenters. The second kappa shape index (κ2) is 6.20. The molecule has 0 amide bonds. The van der Waals surface area contributed by atoms with E-state index in [1.165, 1.54) is 26.2 Å². The van der Waals surface area contributed by atoms with Crippen molar-refractivity contribution in [3.05, 3.63) is 29.6 Å². The molecule has 0 heterocycles. The molecule has 0 saturated carbocycles. The Morgan fingerprint density at radius 2 is 2.24 bits per heavy atom. The lowest BCUT2D eigenvalue weighted by Gasteiger charge is -2.09. The van der Waals surface area contributed by atoms with Gasteiger partial charge in [-0.15, -0.1) is 0 Å². The minimum absolute atomic E-state index is 0.107. The van der Waals surface area contributed by atoms with E-state index in [0.717, 1.165) is 0 Å². The van der Waals surface area contributed by atoms with Crippen molar-refractivity contribution < 1.29 is 23.8 Å². The van der Waals surface area contributed by atoms with Crippen LogP contribution in [0.4, 0.5) is 4.39 Å². The van der Waals surface area contributed by atoms with E-state index in [2.05, 4.69) is 4.74 Å². The number of aliphatic hydroxyl groups excluding tert-OH is 1. The van der Waals surface area contributed by atoms with Gasteiger partial charge in [0.25, 0.3) is 0 Å². The first-order valence-corrected chi connectivity index (χ1v) is 5.21. The number of carbonyl (C=O) groups is 1. The number of halogens is 1. The van der Waals surface area contributed by atoms with E-state index in [0.29, 0.717) is 5.75 Å². The van der Waals surface area contributed by atoms with Gasteiger partial charge in [0.15, 0.2) is 0 Å². The van der Waals surface area contributed by atoms with Crippen molar-refractivity contribution in [3.63, 3.8) is 0 Å². The summed E-state index contributed by atoms with van der Waals surface area (Å²) in [6.45, 7) is 1.61. The van der Waals surface area contributed by atoms with Crippen LogP contribution < -0.4 is 4.74 Å². The van der Waals surface area contributed by atoms with Crippen molar-refractivity contribution in [2.75, 3.05) is 13.7 Å². The summed E-state index contributed by atoms with van der Waals surface area (Å²) in [6.07, 6.45) is -0.755. The van der Waals surface area contributed by atoms with Crippen molar-refractivity contribution >= 4 is 5.97 Å². The molecule has 0 fully saturated rings. The quantitative estimate of drug-likeness (QED) is 0.800. The highest BCUT2D eigenvalue weighted by atomic mass is 19.1. The van der Waals surface area contributed by atoms with Crippen molar-refractivity contribution in [2.24, 2.45) is 0 Å². The molecule has 0 bridgehead atoms. The second-order valence-electron chi connectivity index (χ2n) is 3.53. The summed E-state index contributed by atoms with van der Waals surface area (Å²) in [5, 5.41) is 9.23. The Labute approximate surface area is 99.0 Å². The van der Waals surface area contributed by atoms with Gasteiger partial charge in [0.05, 0.1) is 26.2 Å². The zero-order valence-corrected chi connectivity index (χ0v) is 9.77. The van der Waals surface area contributed by atoms with Crippen LogP contribution in [0.5, 0.6) is 5.75 Å². The van der Waals surface area contributed by atoms with Crippen LogP contribution in [0.3, 0.4) is 0 Å².